The SMILES string of the molecule is C[C@@H](N)CCc1cc2ccccc2[nH]1. The van der Waals surface area contributed by atoms with E-state index >= 15 is 0 Å². The molecule has 1 atom stereocenters. The Balaban J connectivity index is 2.19. The highest BCUT2D eigenvalue weighted by Crippen LogP contribution is 2.15. The van der Waals surface area contributed by atoms with E-state index in [1.54, 1.807) is 0 Å². The lowest BCUT2D eigenvalue weighted by atomic mass is 10.1. The van der Waals surface area contributed by atoms with E-state index < -0.39 is 0 Å². The second kappa shape index (κ2) is 3.84. The second-order valence-corrected chi connectivity index (χ2v) is 3.90. The topological polar surface area (TPSA) is 41.8 Å². The molecule has 1 aromatic heterocycles. The van der Waals surface area contributed by atoms with E-state index in [0.717, 1.165) is 12.8 Å². The molecule has 1 heterocycles. The minimum atomic E-state index is 0.279. The number of aromatic amines is 1. The zero-order chi connectivity index (χ0) is 9.97. The molecule has 0 amide bonds. The summed E-state index contributed by atoms with van der Waals surface area (Å²) < 4.78 is 0. The molecule has 2 heteroatoms. The molecule has 0 fully saturated rings. The number of aryl methyl sites for hydroxylation is 1. The molecule has 2 aromatic rings. The smallest absolute Gasteiger partial charge is 0.0456 e. The molecule has 2 nitrogen and oxygen atoms in total. The summed E-state index contributed by atoms with van der Waals surface area (Å²) in [7, 11) is 0. The van der Waals surface area contributed by atoms with Crippen molar-refractivity contribution in [2.24, 2.45) is 5.73 Å². The summed E-state index contributed by atoms with van der Waals surface area (Å²) in [4.78, 5) is 3.40. The van der Waals surface area contributed by atoms with Gasteiger partial charge in [-0.05, 0) is 37.3 Å². The van der Waals surface area contributed by atoms with Crippen LogP contribution in [0.5, 0.6) is 0 Å². The predicted molar refractivity (Wildman–Crippen MR) is 60.3 cm³/mol. The van der Waals surface area contributed by atoms with Gasteiger partial charge in [0, 0.05) is 17.3 Å². The first kappa shape index (κ1) is 9.28. The van der Waals surface area contributed by atoms with Crippen molar-refractivity contribution < 1.29 is 0 Å². The number of hydrogen-bond donors (Lipinski definition) is 2. The Morgan fingerprint density at radius 2 is 2.14 bits per heavy atom. The number of aromatic nitrogens is 1. The van der Waals surface area contributed by atoms with Crippen LogP contribution in [0.4, 0.5) is 0 Å². The molecule has 0 saturated heterocycles. The van der Waals surface area contributed by atoms with Gasteiger partial charge in [-0.3, -0.25) is 0 Å². The Bertz CT molecular complexity index is 382. The average Bonchev–Trinajstić information content (AvgIpc) is 2.57. The molecule has 14 heavy (non-hydrogen) atoms. The minimum Gasteiger partial charge on any atom is -0.358 e. The fourth-order valence-electron chi connectivity index (χ4n) is 1.65. The van der Waals surface area contributed by atoms with Crippen molar-refractivity contribution in [3.8, 4) is 0 Å². The Morgan fingerprint density at radius 3 is 2.86 bits per heavy atom. The third-order valence-corrected chi connectivity index (χ3v) is 2.45. The summed E-state index contributed by atoms with van der Waals surface area (Å²) in [6.45, 7) is 2.04. The van der Waals surface area contributed by atoms with Gasteiger partial charge in [-0.15, -0.1) is 0 Å². The third kappa shape index (κ3) is 1.96. The zero-order valence-electron chi connectivity index (χ0n) is 8.46. The average molecular weight is 188 g/mol. The van der Waals surface area contributed by atoms with E-state index in [2.05, 4.69) is 29.2 Å². The van der Waals surface area contributed by atoms with Gasteiger partial charge in [0.2, 0.25) is 0 Å². The molecule has 0 aliphatic carbocycles. The molecule has 1 aromatic carbocycles. The maximum absolute atomic E-state index is 5.72. The van der Waals surface area contributed by atoms with Crippen molar-refractivity contribution in [2.75, 3.05) is 0 Å². The van der Waals surface area contributed by atoms with Crippen LogP contribution in [0.15, 0.2) is 30.3 Å². The number of nitrogens with two attached hydrogens (primary N) is 1. The zero-order valence-corrected chi connectivity index (χ0v) is 8.46. The summed E-state index contributed by atoms with van der Waals surface area (Å²) >= 11 is 0. The van der Waals surface area contributed by atoms with E-state index in [1.807, 2.05) is 13.0 Å². The Hall–Kier alpha value is -1.28. The summed E-state index contributed by atoms with van der Waals surface area (Å²) in [6, 6.07) is 10.8. The number of rotatable bonds is 3. The van der Waals surface area contributed by atoms with Crippen molar-refractivity contribution in [2.45, 2.75) is 25.8 Å². The molecular formula is C12H16N2. The van der Waals surface area contributed by atoms with E-state index in [9.17, 15) is 0 Å². The summed E-state index contributed by atoms with van der Waals surface area (Å²) in [6.07, 6.45) is 2.07. The van der Waals surface area contributed by atoms with Gasteiger partial charge in [0.05, 0.1) is 0 Å². The van der Waals surface area contributed by atoms with Gasteiger partial charge in [-0.25, -0.2) is 0 Å². The Morgan fingerprint density at radius 1 is 1.36 bits per heavy atom. The summed E-state index contributed by atoms with van der Waals surface area (Å²) in [5.41, 5.74) is 8.22. The van der Waals surface area contributed by atoms with Crippen molar-refractivity contribution >= 4 is 10.9 Å². The number of benzene rings is 1. The third-order valence-electron chi connectivity index (χ3n) is 2.45. The maximum Gasteiger partial charge on any atom is 0.0456 e. The number of fused-ring (bicyclic) bond motifs is 1. The first-order valence-corrected chi connectivity index (χ1v) is 5.08. The standard InChI is InChI=1S/C12H16N2/c1-9(13)6-7-11-8-10-4-2-3-5-12(10)14-11/h2-5,8-9,14H,6-7,13H2,1H3/t9-/m1/s1. The van der Waals surface area contributed by atoms with Gasteiger partial charge in [0.25, 0.3) is 0 Å². The molecule has 0 bridgehead atoms. The highest BCUT2D eigenvalue weighted by molar-refractivity contribution is 5.80. The molecule has 2 rings (SSSR count). The maximum atomic E-state index is 5.72. The predicted octanol–water partition coefficient (Wildman–Crippen LogP) is 2.45. The molecule has 3 N–H and O–H groups in total. The van der Waals surface area contributed by atoms with Gasteiger partial charge in [0.15, 0.2) is 0 Å². The van der Waals surface area contributed by atoms with Gasteiger partial charge >= 0.3 is 0 Å². The molecule has 0 aliphatic heterocycles. The van der Waals surface area contributed by atoms with Crippen LogP contribution in [0.2, 0.25) is 0 Å². The van der Waals surface area contributed by atoms with E-state index in [1.165, 1.54) is 16.6 Å². The minimum absolute atomic E-state index is 0.279. The van der Waals surface area contributed by atoms with Crippen LogP contribution in [0, 0.1) is 0 Å². The number of nitrogens with one attached hydrogen (secondary N) is 1. The van der Waals surface area contributed by atoms with E-state index in [-0.39, 0.29) is 6.04 Å². The lowest BCUT2D eigenvalue weighted by Crippen LogP contribution is -2.15. The second-order valence-electron chi connectivity index (χ2n) is 3.90. The van der Waals surface area contributed by atoms with Gasteiger partial charge in [0.1, 0.15) is 0 Å². The number of para-hydroxylation sites is 1. The fraction of sp³-hybridized carbons (Fsp3) is 0.333. The van der Waals surface area contributed by atoms with Crippen LogP contribution in [0.1, 0.15) is 19.0 Å². The van der Waals surface area contributed by atoms with Crippen LogP contribution in [0.25, 0.3) is 10.9 Å². The summed E-state index contributed by atoms with van der Waals surface area (Å²) in [5, 5.41) is 1.28. The van der Waals surface area contributed by atoms with Gasteiger partial charge in [-0.2, -0.15) is 0 Å². The van der Waals surface area contributed by atoms with Gasteiger partial charge in [-0.1, -0.05) is 18.2 Å². The lowest BCUT2D eigenvalue weighted by Gasteiger charge is -2.01. The van der Waals surface area contributed by atoms with Crippen LogP contribution < -0.4 is 5.73 Å². The molecule has 0 unspecified atom stereocenters. The molecule has 0 saturated carbocycles. The first-order chi connectivity index (χ1) is 6.75. The largest absolute Gasteiger partial charge is 0.358 e. The number of H-pyrrole nitrogens is 1. The van der Waals surface area contributed by atoms with Crippen molar-refractivity contribution in [1.29, 1.82) is 0 Å². The molecular weight excluding hydrogens is 172 g/mol. The summed E-state index contributed by atoms with van der Waals surface area (Å²) in [5.74, 6) is 0. The highest BCUT2D eigenvalue weighted by atomic mass is 14.7. The normalized spacial score (nSPS) is 13.3. The van der Waals surface area contributed by atoms with Crippen molar-refractivity contribution in [3.63, 3.8) is 0 Å². The Labute approximate surface area is 84.1 Å². The van der Waals surface area contributed by atoms with E-state index in [0.29, 0.717) is 0 Å². The first-order valence-electron chi connectivity index (χ1n) is 5.08. The van der Waals surface area contributed by atoms with Crippen LogP contribution in [0.3, 0.4) is 0 Å². The quantitative estimate of drug-likeness (QED) is 0.763. The number of hydrogen-bond acceptors (Lipinski definition) is 1. The van der Waals surface area contributed by atoms with E-state index in [4.69, 9.17) is 5.73 Å². The molecule has 0 spiro atoms. The van der Waals surface area contributed by atoms with Crippen LogP contribution >= 0.6 is 0 Å². The molecule has 0 aliphatic rings. The monoisotopic (exact) mass is 188 g/mol. The van der Waals surface area contributed by atoms with Crippen molar-refractivity contribution in [3.05, 3.63) is 36.0 Å². The molecule has 74 valence electrons. The fourth-order valence-corrected chi connectivity index (χ4v) is 1.65. The lowest BCUT2D eigenvalue weighted by molar-refractivity contribution is 0.660. The Kier molecular flexibility index (Phi) is 2.55. The van der Waals surface area contributed by atoms with Crippen LogP contribution in [-0.4, -0.2) is 11.0 Å². The highest BCUT2D eigenvalue weighted by Gasteiger charge is 2.01. The van der Waals surface area contributed by atoms with Crippen molar-refractivity contribution in [1.82, 2.24) is 4.98 Å². The van der Waals surface area contributed by atoms with Crippen LogP contribution in [-0.2, 0) is 6.42 Å². The van der Waals surface area contributed by atoms with Gasteiger partial charge < -0.3 is 10.7 Å². The molecule has 0 radical (unpaired) electrons.